The number of nitrogens with zero attached hydrogens (tertiary/aromatic N) is 1. The number of alkyl halides is 2. The summed E-state index contributed by atoms with van der Waals surface area (Å²) in [5, 5.41) is 4.90. The van der Waals surface area contributed by atoms with Crippen LogP contribution in [0.4, 0.5) is 13.9 Å². The first-order chi connectivity index (χ1) is 12.9. The zero-order chi connectivity index (χ0) is 19.4. The highest BCUT2D eigenvalue weighted by molar-refractivity contribution is 7.14. The van der Waals surface area contributed by atoms with Gasteiger partial charge in [-0.25, -0.2) is 10.4 Å². The van der Waals surface area contributed by atoms with Crippen molar-refractivity contribution in [2.75, 3.05) is 5.32 Å². The molecule has 146 valence electrons. The van der Waals surface area contributed by atoms with Crippen molar-refractivity contribution in [2.24, 2.45) is 5.92 Å². The minimum absolute atomic E-state index is 0.0499. The van der Waals surface area contributed by atoms with Gasteiger partial charge in [-0.15, -0.1) is 11.3 Å². The molecule has 1 aliphatic rings. The van der Waals surface area contributed by atoms with Crippen molar-refractivity contribution in [1.82, 2.24) is 15.8 Å². The van der Waals surface area contributed by atoms with E-state index in [2.05, 4.69) is 39.7 Å². The fourth-order valence-electron chi connectivity index (χ4n) is 3.04. The topological polar surface area (TPSA) is 75.3 Å². The van der Waals surface area contributed by atoms with Crippen LogP contribution >= 0.6 is 11.3 Å². The van der Waals surface area contributed by atoms with Crippen LogP contribution in [-0.2, 0) is 4.79 Å². The van der Waals surface area contributed by atoms with Gasteiger partial charge in [0.1, 0.15) is 11.8 Å². The van der Waals surface area contributed by atoms with Gasteiger partial charge in [0.2, 0.25) is 5.91 Å². The number of carbonyl (C=O) groups is 1. The van der Waals surface area contributed by atoms with Gasteiger partial charge in [0, 0.05) is 17.0 Å². The molecule has 0 bridgehead atoms. The van der Waals surface area contributed by atoms with Crippen LogP contribution in [0, 0.1) is 5.92 Å². The van der Waals surface area contributed by atoms with Crippen LogP contribution < -0.4 is 20.9 Å². The van der Waals surface area contributed by atoms with Gasteiger partial charge >= 0.3 is 6.61 Å². The fraction of sp³-hybridized carbons (Fsp3) is 0.444. The van der Waals surface area contributed by atoms with Crippen LogP contribution in [-0.4, -0.2) is 29.6 Å². The van der Waals surface area contributed by atoms with Crippen LogP contribution in [0.25, 0.3) is 11.3 Å². The second-order valence-corrected chi connectivity index (χ2v) is 7.66. The molecule has 2 aromatic rings. The fourth-order valence-corrected chi connectivity index (χ4v) is 3.76. The summed E-state index contributed by atoms with van der Waals surface area (Å²) in [7, 11) is 0. The van der Waals surface area contributed by atoms with E-state index in [1.54, 1.807) is 23.6 Å². The van der Waals surface area contributed by atoms with Gasteiger partial charge in [0.05, 0.1) is 5.69 Å². The van der Waals surface area contributed by atoms with Gasteiger partial charge in [-0.3, -0.25) is 10.2 Å². The number of para-hydroxylation sites is 1. The van der Waals surface area contributed by atoms with Gasteiger partial charge < -0.3 is 10.1 Å². The molecule has 3 N–H and O–H groups in total. The Hall–Kier alpha value is -2.10. The minimum Gasteiger partial charge on any atom is -0.434 e. The van der Waals surface area contributed by atoms with Crippen molar-refractivity contribution in [2.45, 2.75) is 45.4 Å². The molecule has 1 aliphatic heterocycles. The normalized spacial score (nSPS) is 19.6. The van der Waals surface area contributed by atoms with Gasteiger partial charge in [0.25, 0.3) is 0 Å². The largest absolute Gasteiger partial charge is 0.434 e. The lowest BCUT2D eigenvalue weighted by atomic mass is 10.00. The predicted octanol–water partition coefficient (Wildman–Crippen LogP) is 3.63. The summed E-state index contributed by atoms with van der Waals surface area (Å²) in [6.07, 6.45) is 1.69. The second-order valence-electron chi connectivity index (χ2n) is 6.81. The Morgan fingerprint density at radius 1 is 1.37 bits per heavy atom. The smallest absolute Gasteiger partial charge is 0.387 e. The number of benzene rings is 1. The minimum atomic E-state index is -2.91. The molecule has 2 unspecified atom stereocenters. The number of aromatic nitrogens is 1. The van der Waals surface area contributed by atoms with Crippen molar-refractivity contribution in [3.63, 3.8) is 0 Å². The number of ether oxygens (including phenoxy) is 1. The van der Waals surface area contributed by atoms with Crippen molar-refractivity contribution in [1.29, 1.82) is 0 Å². The monoisotopic (exact) mass is 396 g/mol. The Kier molecular flexibility index (Phi) is 6.35. The van der Waals surface area contributed by atoms with Crippen LogP contribution in [0.1, 0.15) is 26.7 Å². The number of hydrogen-bond donors (Lipinski definition) is 3. The average Bonchev–Trinajstić information content (AvgIpc) is 3.24. The molecule has 1 aromatic carbocycles. The highest BCUT2D eigenvalue weighted by atomic mass is 32.1. The molecule has 0 saturated carbocycles. The van der Waals surface area contributed by atoms with Gasteiger partial charge in [0.15, 0.2) is 5.13 Å². The summed E-state index contributed by atoms with van der Waals surface area (Å²) < 4.78 is 29.7. The van der Waals surface area contributed by atoms with Crippen LogP contribution in [0.5, 0.6) is 5.75 Å². The van der Waals surface area contributed by atoms with Crippen molar-refractivity contribution in [3.05, 3.63) is 29.6 Å². The molecule has 9 heteroatoms. The van der Waals surface area contributed by atoms with E-state index in [4.69, 9.17) is 0 Å². The van der Waals surface area contributed by atoms with Gasteiger partial charge in [-0.05, 0) is 30.9 Å². The Balaban J connectivity index is 1.64. The molecule has 0 spiro atoms. The average molecular weight is 396 g/mol. The molecule has 2 heterocycles. The number of thiazole rings is 1. The molecule has 0 radical (unpaired) electrons. The molecule has 27 heavy (non-hydrogen) atoms. The summed E-state index contributed by atoms with van der Waals surface area (Å²) in [4.78, 5) is 16.8. The van der Waals surface area contributed by atoms with Crippen LogP contribution in [0.3, 0.4) is 0 Å². The summed E-state index contributed by atoms with van der Waals surface area (Å²) in [5.41, 5.74) is 7.08. The number of hydrazine groups is 1. The molecule has 1 saturated heterocycles. The van der Waals surface area contributed by atoms with E-state index in [9.17, 15) is 13.6 Å². The van der Waals surface area contributed by atoms with E-state index in [0.29, 0.717) is 28.7 Å². The molecule has 1 aromatic heterocycles. The molecule has 3 rings (SSSR count). The highest BCUT2D eigenvalue weighted by Gasteiger charge is 2.30. The summed E-state index contributed by atoms with van der Waals surface area (Å²) in [5.74, 6) is 0.420. The van der Waals surface area contributed by atoms with E-state index in [1.165, 1.54) is 17.4 Å². The number of amides is 1. The third-order valence-electron chi connectivity index (χ3n) is 4.17. The number of halogens is 2. The first kappa shape index (κ1) is 19.7. The maximum Gasteiger partial charge on any atom is 0.387 e. The molecule has 1 amide bonds. The van der Waals surface area contributed by atoms with Crippen molar-refractivity contribution >= 4 is 22.4 Å². The maximum atomic E-state index is 12.6. The number of carbonyl (C=O) groups excluding carboxylic acids is 1. The first-order valence-corrected chi connectivity index (χ1v) is 9.62. The highest BCUT2D eigenvalue weighted by Crippen LogP contribution is 2.33. The standard InChI is InChI=1S/C18H22F2N4O2S/c1-10(2)7-11-8-13(24-23-11)16(25)22-18-21-14(9-27-18)12-5-3-4-6-15(12)26-17(19)20/h3-6,9-11,13,17,23-24H,7-8H2,1-2H3,(H,21,22,25). The van der Waals surface area contributed by atoms with Crippen molar-refractivity contribution in [3.8, 4) is 17.0 Å². The lowest BCUT2D eigenvalue weighted by molar-refractivity contribution is -0.117. The Labute approximate surface area is 160 Å². The molecule has 0 aliphatic carbocycles. The van der Waals surface area contributed by atoms with E-state index in [0.717, 1.165) is 6.42 Å². The Morgan fingerprint density at radius 3 is 2.89 bits per heavy atom. The van der Waals surface area contributed by atoms with Crippen LogP contribution in [0.15, 0.2) is 29.6 Å². The number of anilines is 1. The zero-order valence-electron chi connectivity index (χ0n) is 15.0. The van der Waals surface area contributed by atoms with E-state index >= 15 is 0 Å². The number of hydrogen-bond acceptors (Lipinski definition) is 6. The molecule has 6 nitrogen and oxygen atoms in total. The third-order valence-corrected chi connectivity index (χ3v) is 4.93. The molecular weight excluding hydrogens is 374 g/mol. The zero-order valence-corrected chi connectivity index (χ0v) is 15.9. The molecule has 1 fully saturated rings. The van der Waals surface area contributed by atoms with E-state index in [-0.39, 0.29) is 23.7 Å². The van der Waals surface area contributed by atoms with Crippen molar-refractivity contribution < 1.29 is 18.3 Å². The SMILES string of the molecule is CC(C)CC1CC(C(=O)Nc2nc(-c3ccccc3OC(F)F)cs2)NN1. The first-order valence-electron chi connectivity index (χ1n) is 8.74. The molecular formula is C18H22F2N4O2S. The van der Waals surface area contributed by atoms with E-state index in [1.807, 2.05) is 0 Å². The maximum absolute atomic E-state index is 12.6. The van der Waals surface area contributed by atoms with E-state index < -0.39 is 6.61 Å². The quantitative estimate of drug-likeness (QED) is 0.666. The number of nitrogens with one attached hydrogen (secondary N) is 3. The number of rotatable bonds is 7. The van der Waals surface area contributed by atoms with Gasteiger partial charge in [-0.2, -0.15) is 8.78 Å². The third kappa shape index (κ3) is 5.21. The lowest BCUT2D eigenvalue weighted by Gasteiger charge is -2.11. The lowest BCUT2D eigenvalue weighted by Crippen LogP contribution is -2.40. The Morgan fingerprint density at radius 2 is 2.15 bits per heavy atom. The summed E-state index contributed by atoms with van der Waals surface area (Å²) in [6.45, 7) is 1.37. The van der Waals surface area contributed by atoms with Gasteiger partial charge in [-0.1, -0.05) is 26.0 Å². The summed E-state index contributed by atoms with van der Waals surface area (Å²) in [6, 6.07) is 6.36. The Bertz CT molecular complexity index is 784. The van der Waals surface area contributed by atoms with Crippen LogP contribution in [0.2, 0.25) is 0 Å². The molecule has 2 atom stereocenters. The second kappa shape index (κ2) is 8.73. The summed E-state index contributed by atoms with van der Waals surface area (Å²) >= 11 is 1.24. The predicted molar refractivity (Wildman–Crippen MR) is 101 cm³/mol.